The van der Waals surface area contributed by atoms with Crippen molar-refractivity contribution in [3.63, 3.8) is 0 Å². The largest absolute Gasteiger partial charge is 0.423 e. The average molecular weight is 345 g/mol. The van der Waals surface area contributed by atoms with Crippen LogP contribution in [0.15, 0.2) is 78.9 Å². The highest BCUT2D eigenvalue weighted by Crippen LogP contribution is 2.21. The zero-order chi connectivity index (χ0) is 18.5. The Balaban J connectivity index is 1.69. The summed E-state index contributed by atoms with van der Waals surface area (Å²) in [5.74, 6) is -0.0831. The molecule has 4 nitrogen and oxygen atoms in total. The number of aryl methyl sites for hydroxylation is 1. The smallest absolute Gasteiger partial charge is 0.343 e. The van der Waals surface area contributed by atoms with Crippen molar-refractivity contribution in [2.45, 2.75) is 6.92 Å². The molecular formula is C22H19NO3. The minimum atomic E-state index is -0.414. The Hall–Kier alpha value is -3.40. The SMILES string of the molecule is Cc1ccc(C(=O)N(C)c2ccc(OC(=O)c3ccccc3)cc2)cc1. The molecule has 0 heterocycles. The predicted octanol–water partition coefficient (Wildman–Crippen LogP) is 4.49. The number of carbonyl (C=O) groups is 2. The van der Waals surface area contributed by atoms with Crippen LogP contribution in [-0.4, -0.2) is 18.9 Å². The Morgan fingerprint density at radius 2 is 1.38 bits per heavy atom. The van der Waals surface area contributed by atoms with Crippen molar-refractivity contribution in [2.24, 2.45) is 0 Å². The second-order valence-corrected chi connectivity index (χ2v) is 5.98. The van der Waals surface area contributed by atoms with E-state index in [1.54, 1.807) is 60.5 Å². The fourth-order valence-corrected chi connectivity index (χ4v) is 2.49. The fourth-order valence-electron chi connectivity index (χ4n) is 2.49. The van der Waals surface area contributed by atoms with Gasteiger partial charge in [0, 0.05) is 18.3 Å². The first kappa shape index (κ1) is 17.4. The molecule has 130 valence electrons. The van der Waals surface area contributed by atoms with Gasteiger partial charge in [-0.05, 0) is 55.5 Å². The van der Waals surface area contributed by atoms with Gasteiger partial charge in [0.2, 0.25) is 0 Å². The van der Waals surface area contributed by atoms with Gasteiger partial charge in [-0.2, -0.15) is 0 Å². The zero-order valence-corrected chi connectivity index (χ0v) is 14.7. The molecule has 0 aliphatic carbocycles. The Morgan fingerprint density at radius 3 is 2.00 bits per heavy atom. The van der Waals surface area contributed by atoms with Gasteiger partial charge in [-0.1, -0.05) is 35.9 Å². The second kappa shape index (κ2) is 7.66. The van der Waals surface area contributed by atoms with Crippen molar-refractivity contribution >= 4 is 17.6 Å². The summed E-state index contributed by atoms with van der Waals surface area (Å²) in [7, 11) is 1.72. The van der Waals surface area contributed by atoms with E-state index < -0.39 is 5.97 Å². The Bertz CT molecular complexity index is 900. The summed E-state index contributed by atoms with van der Waals surface area (Å²) in [6.07, 6.45) is 0. The van der Waals surface area contributed by atoms with E-state index in [4.69, 9.17) is 4.74 Å². The molecule has 4 heteroatoms. The molecular weight excluding hydrogens is 326 g/mol. The van der Waals surface area contributed by atoms with Crippen LogP contribution in [0.3, 0.4) is 0 Å². The lowest BCUT2D eigenvalue weighted by Crippen LogP contribution is -2.26. The third kappa shape index (κ3) is 3.98. The molecule has 0 unspecified atom stereocenters. The van der Waals surface area contributed by atoms with Crippen LogP contribution >= 0.6 is 0 Å². The molecule has 0 spiro atoms. The van der Waals surface area contributed by atoms with Crippen LogP contribution in [-0.2, 0) is 0 Å². The third-order valence-corrected chi connectivity index (χ3v) is 4.05. The van der Waals surface area contributed by atoms with Gasteiger partial charge in [-0.15, -0.1) is 0 Å². The maximum absolute atomic E-state index is 12.5. The number of esters is 1. The summed E-state index contributed by atoms with van der Waals surface area (Å²) in [6, 6.07) is 23.1. The van der Waals surface area contributed by atoms with E-state index in [1.165, 1.54) is 0 Å². The number of ether oxygens (including phenoxy) is 1. The van der Waals surface area contributed by atoms with Crippen molar-refractivity contribution in [3.05, 3.63) is 95.6 Å². The van der Waals surface area contributed by atoms with Crippen molar-refractivity contribution in [2.75, 3.05) is 11.9 Å². The average Bonchev–Trinajstić information content (AvgIpc) is 2.69. The molecule has 0 radical (unpaired) electrons. The van der Waals surface area contributed by atoms with Crippen LogP contribution in [0, 0.1) is 6.92 Å². The van der Waals surface area contributed by atoms with Gasteiger partial charge in [-0.3, -0.25) is 4.79 Å². The predicted molar refractivity (Wildman–Crippen MR) is 102 cm³/mol. The molecule has 26 heavy (non-hydrogen) atoms. The van der Waals surface area contributed by atoms with E-state index in [0.717, 1.165) is 11.3 Å². The summed E-state index contributed by atoms with van der Waals surface area (Å²) in [6.45, 7) is 1.98. The first-order valence-corrected chi connectivity index (χ1v) is 8.26. The molecule has 1 amide bonds. The van der Waals surface area contributed by atoms with E-state index in [9.17, 15) is 9.59 Å². The molecule has 0 fully saturated rings. The maximum atomic E-state index is 12.5. The zero-order valence-electron chi connectivity index (χ0n) is 14.7. The van der Waals surface area contributed by atoms with Crippen LogP contribution in [0.1, 0.15) is 26.3 Å². The lowest BCUT2D eigenvalue weighted by atomic mass is 10.1. The van der Waals surface area contributed by atoms with E-state index in [1.807, 2.05) is 37.3 Å². The first-order valence-electron chi connectivity index (χ1n) is 8.26. The number of nitrogens with zero attached hydrogens (tertiary/aromatic N) is 1. The van der Waals surface area contributed by atoms with E-state index in [0.29, 0.717) is 16.9 Å². The van der Waals surface area contributed by atoms with E-state index in [-0.39, 0.29) is 5.91 Å². The number of hydrogen-bond acceptors (Lipinski definition) is 3. The number of benzene rings is 3. The number of hydrogen-bond donors (Lipinski definition) is 0. The molecule has 0 saturated heterocycles. The summed E-state index contributed by atoms with van der Waals surface area (Å²) in [5, 5.41) is 0. The van der Waals surface area contributed by atoms with Crippen molar-refractivity contribution < 1.29 is 14.3 Å². The van der Waals surface area contributed by atoms with Crippen LogP contribution in [0.25, 0.3) is 0 Å². The van der Waals surface area contributed by atoms with Crippen LogP contribution in [0.2, 0.25) is 0 Å². The topological polar surface area (TPSA) is 46.6 Å². The highest BCUT2D eigenvalue weighted by molar-refractivity contribution is 6.05. The lowest BCUT2D eigenvalue weighted by Gasteiger charge is -2.18. The quantitative estimate of drug-likeness (QED) is 0.517. The van der Waals surface area contributed by atoms with Gasteiger partial charge in [0.15, 0.2) is 0 Å². The molecule has 0 saturated carbocycles. The lowest BCUT2D eigenvalue weighted by molar-refractivity contribution is 0.0734. The Kier molecular flexibility index (Phi) is 5.13. The van der Waals surface area contributed by atoms with Crippen LogP contribution in [0.4, 0.5) is 5.69 Å². The van der Waals surface area contributed by atoms with Gasteiger partial charge in [0.25, 0.3) is 5.91 Å². The van der Waals surface area contributed by atoms with Crippen molar-refractivity contribution in [1.29, 1.82) is 0 Å². The first-order chi connectivity index (χ1) is 12.5. The molecule has 0 N–H and O–H groups in total. The molecule has 0 aliphatic heterocycles. The number of carbonyl (C=O) groups excluding carboxylic acids is 2. The standard InChI is InChI=1S/C22H19NO3/c1-16-8-10-17(11-9-16)21(24)23(2)19-12-14-20(15-13-19)26-22(25)18-6-4-3-5-7-18/h3-15H,1-2H3. The third-order valence-electron chi connectivity index (χ3n) is 4.05. The number of anilines is 1. The Morgan fingerprint density at radius 1 is 0.769 bits per heavy atom. The molecule has 0 atom stereocenters. The molecule has 3 rings (SSSR count). The molecule has 0 bridgehead atoms. The minimum absolute atomic E-state index is 0.0981. The summed E-state index contributed by atoms with van der Waals surface area (Å²) >= 11 is 0. The molecule has 3 aromatic rings. The van der Waals surface area contributed by atoms with Gasteiger partial charge >= 0.3 is 5.97 Å². The number of rotatable bonds is 4. The monoisotopic (exact) mass is 345 g/mol. The van der Waals surface area contributed by atoms with E-state index in [2.05, 4.69) is 0 Å². The van der Waals surface area contributed by atoms with Gasteiger partial charge in [0.1, 0.15) is 5.75 Å². The van der Waals surface area contributed by atoms with Gasteiger partial charge < -0.3 is 9.64 Å². The van der Waals surface area contributed by atoms with E-state index >= 15 is 0 Å². The van der Waals surface area contributed by atoms with Crippen LogP contribution in [0.5, 0.6) is 5.75 Å². The summed E-state index contributed by atoms with van der Waals surface area (Å²) in [5.41, 5.74) is 2.93. The Labute approximate surface area is 152 Å². The highest BCUT2D eigenvalue weighted by atomic mass is 16.5. The minimum Gasteiger partial charge on any atom is -0.423 e. The van der Waals surface area contributed by atoms with Gasteiger partial charge in [0.05, 0.1) is 5.56 Å². The second-order valence-electron chi connectivity index (χ2n) is 5.98. The molecule has 0 aromatic heterocycles. The van der Waals surface area contributed by atoms with Crippen molar-refractivity contribution in [3.8, 4) is 5.75 Å². The number of amides is 1. The summed E-state index contributed by atoms with van der Waals surface area (Å²) < 4.78 is 5.35. The molecule has 0 aliphatic rings. The fraction of sp³-hybridized carbons (Fsp3) is 0.0909. The summed E-state index contributed by atoms with van der Waals surface area (Å²) in [4.78, 5) is 26.2. The van der Waals surface area contributed by atoms with Crippen molar-refractivity contribution in [1.82, 2.24) is 0 Å². The normalized spacial score (nSPS) is 10.2. The van der Waals surface area contributed by atoms with Gasteiger partial charge in [-0.25, -0.2) is 4.79 Å². The maximum Gasteiger partial charge on any atom is 0.343 e. The highest BCUT2D eigenvalue weighted by Gasteiger charge is 2.14. The van der Waals surface area contributed by atoms with Crippen LogP contribution < -0.4 is 9.64 Å². The molecule has 3 aromatic carbocycles.